The Morgan fingerprint density at radius 2 is 0.768 bits per heavy atom. The molecule has 0 aliphatic rings. The number of para-hydroxylation sites is 2. The summed E-state index contributed by atoms with van der Waals surface area (Å²) in [6.45, 7) is 13.4. The Morgan fingerprint density at radius 3 is 1.11 bits per heavy atom. The number of carbonyl (C=O) groups excluding carboxylic acids is 1. The van der Waals surface area contributed by atoms with E-state index in [0.717, 1.165) is 146 Å². The van der Waals surface area contributed by atoms with E-state index in [-0.39, 0.29) is 12.6 Å². The Hall–Kier alpha value is -8.33. The molecule has 1 amide bonds. The molecule has 0 saturated carbocycles. The van der Waals surface area contributed by atoms with Crippen molar-refractivity contribution in [2.24, 2.45) is 5.10 Å². The van der Waals surface area contributed by atoms with Crippen molar-refractivity contribution >= 4 is 67.7 Å². The summed E-state index contributed by atoms with van der Waals surface area (Å²) >= 11 is 0. The second-order valence-electron chi connectivity index (χ2n) is 20.3. The minimum atomic E-state index is -0.449. The Kier molecular flexibility index (Phi) is 23.5. The molecule has 0 spiro atoms. The highest BCUT2D eigenvalue weighted by atomic mass is 16.5. The number of hydrogen-bond donors (Lipinski definition) is 3. The van der Waals surface area contributed by atoms with Crippen molar-refractivity contribution in [1.82, 2.24) is 20.4 Å². The second-order valence-corrected chi connectivity index (χ2v) is 20.3. The van der Waals surface area contributed by atoms with E-state index in [1.807, 2.05) is 84.9 Å². The van der Waals surface area contributed by atoms with Gasteiger partial charge in [-0.3, -0.25) is 4.79 Å². The molecular weight excluding hydrogens is 1030 g/mol. The van der Waals surface area contributed by atoms with Gasteiger partial charge in [0.25, 0.3) is 5.91 Å². The van der Waals surface area contributed by atoms with Crippen LogP contribution in [-0.4, -0.2) is 66.7 Å². The third kappa shape index (κ3) is 17.6. The van der Waals surface area contributed by atoms with E-state index in [1.165, 1.54) is 0 Å². The van der Waals surface area contributed by atoms with Crippen LogP contribution in [0.2, 0.25) is 0 Å². The molecule has 0 atom stereocenters. The molecule has 432 valence electrons. The molecule has 15 heteroatoms. The van der Waals surface area contributed by atoms with Crippen LogP contribution in [0.1, 0.15) is 136 Å². The first-order valence-electron chi connectivity index (χ1n) is 29.7. The lowest BCUT2D eigenvalue weighted by atomic mass is 9.93. The van der Waals surface area contributed by atoms with E-state index < -0.39 is 5.91 Å². The van der Waals surface area contributed by atoms with Crippen molar-refractivity contribution < 1.29 is 38.0 Å². The third-order valence-corrected chi connectivity index (χ3v) is 13.7. The van der Waals surface area contributed by atoms with Crippen molar-refractivity contribution in [3.63, 3.8) is 0 Å². The summed E-state index contributed by atoms with van der Waals surface area (Å²) in [6.07, 6.45) is 16.9. The lowest BCUT2D eigenvalue weighted by Gasteiger charge is -2.20. The quantitative estimate of drug-likeness (QED) is 0.0147. The Bertz CT molecular complexity index is 3180. The number of nitrogens with one attached hydrogen (secondary N) is 3. The number of benzene rings is 7. The topological polar surface area (TPSA) is 169 Å². The van der Waals surface area contributed by atoms with Crippen LogP contribution in [0, 0.1) is 0 Å². The van der Waals surface area contributed by atoms with Crippen LogP contribution >= 0.6 is 0 Å². The number of carbonyl (C=O) groups is 1. The summed E-state index contributed by atoms with van der Waals surface area (Å²) in [6, 6.07) is 39.0. The van der Waals surface area contributed by atoms with Gasteiger partial charge < -0.3 is 43.8 Å². The zero-order chi connectivity index (χ0) is 57.1. The van der Waals surface area contributed by atoms with E-state index in [4.69, 9.17) is 33.2 Å². The number of amides is 1. The van der Waals surface area contributed by atoms with Crippen molar-refractivity contribution in [3.8, 4) is 46.3 Å². The Balaban J connectivity index is 1.07. The van der Waals surface area contributed by atoms with Crippen LogP contribution in [0.3, 0.4) is 0 Å². The average molecular weight is 1110 g/mol. The summed E-state index contributed by atoms with van der Waals surface area (Å²) in [5, 5.41) is 16.4. The fraction of sp³-hybridized carbons (Fsp3) is 0.388. The van der Waals surface area contributed by atoms with Crippen LogP contribution in [0.4, 0.5) is 23.3 Å². The van der Waals surface area contributed by atoms with Crippen LogP contribution < -0.4 is 49.2 Å². The van der Waals surface area contributed by atoms with E-state index >= 15 is 0 Å². The van der Waals surface area contributed by atoms with Gasteiger partial charge in [-0.2, -0.15) is 20.1 Å². The van der Waals surface area contributed by atoms with Gasteiger partial charge in [-0.25, -0.2) is 5.43 Å². The van der Waals surface area contributed by atoms with Crippen LogP contribution in [0.15, 0.2) is 126 Å². The fourth-order valence-electron chi connectivity index (χ4n) is 9.26. The van der Waals surface area contributed by atoms with Crippen molar-refractivity contribution in [3.05, 3.63) is 127 Å². The monoisotopic (exact) mass is 1110 g/mol. The number of anilines is 4. The number of fused-ring (bicyclic) bond motifs is 6. The number of hydrazone groups is 1. The van der Waals surface area contributed by atoms with Crippen LogP contribution in [-0.2, 0) is 4.79 Å². The molecule has 0 aliphatic carbocycles. The van der Waals surface area contributed by atoms with Gasteiger partial charge in [0.05, 0.1) is 39.2 Å². The molecular formula is C67H81N7O8. The molecule has 0 fully saturated rings. The standard InChI is InChI=1S/C67H81N7O8/c1-6-11-22-35-76-58-40-52-53-41-59(77-36-23-12-7-2)61(79-38-25-14-9-4)43-55(53)57-45-63(62(80-39-26-15-10-5)44-56(57)54(52)42-60(58)78-37-24-13-8-3)81-47-64(75)74-68-46-48-31-33-51(34-32-48)82-67-72-65(69-49-27-18-16-19-28-49)71-66(73-67)70-50-29-20-17-21-30-50/h16-21,27-34,40-46H,6-15,22-26,35-39,47H2,1-5H3,(H,74,75)(H2,69,70,71,72,73)/b68-46+. The molecule has 0 radical (unpaired) electrons. The fourth-order valence-corrected chi connectivity index (χ4v) is 9.26. The zero-order valence-electron chi connectivity index (χ0n) is 48.5. The van der Waals surface area contributed by atoms with Gasteiger partial charge in [0.15, 0.2) is 41.1 Å². The SMILES string of the molecule is CCCCCOc1cc2c3cc(OCCCCC)c(OCCCCC)cc3c3cc(OCC(=O)N/N=C/c4ccc(Oc5nc(Nc6ccccc6)nc(Nc6ccccc6)n5)cc4)c(OCCCCC)cc3c2cc1OCCCCC. The molecule has 7 aromatic carbocycles. The number of nitrogens with zero attached hydrogens (tertiary/aromatic N) is 4. The minimum absolute atomic E-state index is 0.0885. The van der Waals surface area contributed by atoms with Gasteiger partial charge in [0, 0.05) is 11.4 Å². The maximum Gasteiger partial charge on any atom is 0.328 e. The van der Waals surface area contributed by atoms with Gasteiger partial charge in [-0.1, -0.05) is 135 Å². The summed E-state index contributed by atoms with van der Waals surface area (Å²) in [5.41, 5.74) is 4.98. The molecule has 0 bridgehead atoms. The lowest BCUT2D eigenvalue weighted by molar-refractivity contribution is -0.123. The van der Waals surface area contributed by atoms with E-state index in [2.05, 4.69) is 95.0 Å². The minimum Gasteiger partial charge on any atom is -0.490 e. The highest BCUT2D eigenvalue weighted by Crippen LogP contribution is 2.47. The maximum atomic E-state index is 13.6. The average Bonchev–Trinajstić information content (AvgIpc) is 2.04. The van der Waals surface area contributed by atoms with E-state index in [9.17, 15) is 4.79 Å². The molecule has 8 aromatic rings. The number of ether oxygens (including phenoxy) is 7. The molecule has 8 rings (SSSR count). The number of aromatic nitrogens is 3. The molecule has 1 aromatic heterocycles. The molecule has 0 unspecified atom stereocenters. The van der Waals surface area contributed by atoms with E-state index in [0.29, 0.717) is 85.0 Å². The van der Waals surface area contributed by atoms with Crippen LogP contribution in [0.25, 0.3) is 32.3 Å². The van der Waals surface area contributed by atoms with Gasteiger partial charge >= 0.3 is 6.01 Å². The first kappa shape index (κ1) is 59.8. The normalized spacial score (nSPS) is 11.3. The second kappa shape index (κ2) is 32.2. The first-order chi connectivity index (χ1) is 40.4. The first-order valence-corrected chi connectivity index (χ1v) is 29.7. The Morgan fingerprint density at radius 1 is 0.427 bits per heavy atom. The maximum absolute atomic E-state index is 13.6. The number of hydrogen-bond acceptors (Lipinski definition) is 14. The zero-order valence-corrected chi connectivity index (χ0v) is 48.5. The molecule has 0 aliphatic heterocycles. The lowest BCUT2D eigenvalue weighted by Crippen LogP contribution is -2.24. The molecule has 82 heavy (non-hydrogen) atoms. The summed E-state index contributed by atoms with van der Waals surface area (Å²) in [7, 11) is 0. The van der Waals surface area contributed by atoms with Crippen LogP contribution in [0.5, 0.6) is 46.3 Å². The summed E-state index contributed by atoms with van der Waals surface area (Å²) in [4.78, 5) is 27.2. The third-order valence-electron chi connectivity index (χ3n) is 13.7. The highest BCUT2D eigenvalue weighted by molar-refractivity contribution is 6.27. The smallest absolute Gasteiger partial charge is 0.328 e. The van der Waals surface area contributed by atoms with Crippen molar-refractivity contribution in [1.29, 1.82) is 0 Å². The number of unbranched alkanes of at least 4 members (excludes halogenated alkanes) is 10. The van der Waals surface area contributed by atoms with Crippen molar-refractivity contribution in [2.45, 2.75) is 131 Å². The molecule has 0 saturated heterocycles. The molecule has 1 heterocycles. The highest BCUT2D eigenvalue weighted by Gasteiger charge is 2.21. The van der Waals surface area contributed by atoms with Gasteiger partial charge in [-0.05, 0) is 155 Å². The largest absolute Gasteiger partial charge is 0.490 e. The summed E-state index contributed by atoms with van der Waals surface area (Å²) in [5.74, 6) is 4.43. The van der Waals surface area contributed by atoms with Gasteiger partial charge in [0.2, 0.25) is 11.9 Å². The molecule has 3 N–H and O–H groups in total. The van der Waals surface area contributed by atoms with E-state index in [1.54, 1.807) is 18.3 Å². The molecule has 15 nitrogen and oxygen atoms in total. The van der Waals surface area contributed by atoms with Crippen molar-refractivity contribution in [2.75, 3.05) is 50.3 Å². The predicted octanol–water partition coefficient (Wildman–Crippen LogP) is 17.0. The van der Waals surface area contributed by atoms with Gasteiger partial charge in [-0.15, -0.1) is 0 Å². The van der Waals surface area contributed by atoms with Gasteiger partial charge in [0.1, 0.15) is 5.75 Å². The number of rotatable bonds is 36. The predicted molar refractivity (Wildman–Crippen MR) is 331 cm³/mol. The summed E-state index contributed by atoms with van der Waals surface area (Å²) < 4.78 is 45.5. The Labute approximate surface area is 483 Å².